The molecule has 430 valence electrons. The number of benzene rings is 3. The van der Waals surface area contributed by atoms with E-state index in [1.807, 2.05) is 99.1 Å². The number of aliphatic hydroxyl groups excluding tert-OH is 2. The number of β-amino-alcohol motifs (C(OH)–C–C–N with tert-alkyl or cyclic N) is 1. The summed E-state index contributed by atoms with van der Waals surface area (Å²) in [6, 6.07) is 19.4. The van der Waals surface area contributed by atoms with E-state index in [4.69, 9.17) is 15.5 Å². The Morgan fingerprint density at radius 1 is 0.951 bits per heavy atom. The van der Waals surface area contributed by atoms with Gasteiger partial charge in [0.25, 0.3) is 17.7 Å². The first-order chi connectivity index (χ1) is 38.7. The van der Waals surface area contributed by atoms with Gasteiger partial charge in [-0.2, -0.15) is 0 Å². The maximum absolute atomic E-state index is 14.8. The van der Waals surface area contributed by atoms with Crippen LogP contribution in [0, 0.1) is 12.3 Å². The Bertz CT molecular complexity index is 3130. The van der Waals surface area contributed by atoms with E-state index in [0.29, 0.717) is 55.4 Å². The van der Waals surface area contributed by atoms with Gasteiger partial charge in [-0.05, 0) is 110 Å². The fourth-order valence-corrected chi connectivity index (χ4v) is 12.3. The Morgan fingerprint density at radius 2 is 1.69 bits per heavy atom. The van der Waals surface area contributed by atoms with Gasteiger partial charge in [-0.3, -0.25) is 24.1 Å². The van der Waals surface area contributed by atoms with Gasteiger partial charge in [0, 0.05) is 76.2 Å². The molecule has 81 heavy (non-hydrogen) atoms. The number of hydrogen-bond acceptors (Lipinski definition) is 15. The van der Waals surface area contributed by atoms with Crippen LogP contribution in [0.2, 0.25) is 0 Å². The predicted molar refractivity (Wildman–Crippen MR) is 305 cm³/mol. The van der Waals surface area contributed by atoms with Crippen LogP contribution in [0.25, 0.3) is 10.4 Å². The second-order valence-corrected chi connectivity index (χ2v) is 24.2. The summed E-state index contributed by atoms with van der Waals surface area (Å²) in [5, 5.41) is 31.4. The molecule has 20 nitrogen and oxygen atoms in total. The van der Waals surface area contributed by atoms with Gasteiger partial charge in [0.05, 0.1) is 46.5 Å². The molecule has 7 N–H and O–H groups in total. The zero-order valence-corrected chi connectivity index (χ0v) is 47.4. The van der Waals surface area contributed by atoms with Crippen LogP contribution in [0.3, 0.4) is 0 Å². The van der Waals surface area contributed by atoms with E-state index in [1.54, 1.807) is 16.6 Å². The number of anilines is 3. The third-order valence-corrected chi connectivity index (χ3v) is 17.5. The van der Waals surface area contributed by atoms with E-state index >= 15 is 0 Å². The van der Waals surface area contributed by atoms with Gasteiger partial charge in [0.15, 0.2) is 17.2 Å². The number of piperidine rings is 2. The maximum atomic E-state index is 14.8. The first kappa shape index (κ1) is 57.0. The largest absolute Gasteiger partial charge is 0.489 e. The second-order valence-electron chi connectivity index (χ2n) is 23.3. The van der Waals surface area contributed by atoms with Crippen molar-refractivity contribution in [3.63, 3.8) is 0 Å². The molecule has 6 heterocycles. The lowest BCUT2D eigenvalue weighted by Gasteiger charge is -2.40. The number of aliphatic hydroxyl groups is 2. The molecule has 1 saturated carbocycles. The minimum Gasteiger partial charge on any atom is -0.489 e. The Morgan fingerprint density at radius 3 is 2.35 bits per heavy atom. The molecular formula is C59H73FN12O8S. The Kier molecular flexibility index (Phi) is 16.7. The molecule has 6 amide bonds. The molecule has 1 aliphatic carbocycles. The highest BCUT2D eigenvalue weighted by Crippen LogP contribution is 2.41. The van der Waals surface area contributed by atoms with Crippen LogP contribution >= 0.6 is 11.3 Å². The number of nitrogens with two attached hydrogens (primary N) is 1. The van der Waals surface area contributed by atoms with E-state index in [2.05, 4.69) is 43.0 Å². The van der Waals surface area contributed by atoms with Gasteiger partial charge < -0.3 is 56.2 Å². The second kappa shape index (κ2) is 23.7. The fraction of sp³-hybridized carbons (Fsp3) is 0.492. The van der Waals surface area contributed by atoms with Crippen molar-refractivity contribution in [2.75, 3.05) is 63.1 Å². The summed E-state index contributed by atoms with van der Waals surface area (Å²) in [6.45, 7) is 11.5. The van der Waals surface area contributed by atoms with Gasteiger partial charge in [-0.15, -0.1) is 11.3 Å². The molecule has 1 unspecified atom stereocenters. The van der Waals surface area contributed by atoms with E-state index < -0.39 is 53.2 Å². The molecular weight excluding hydrogens is 1060 g/mol. The number of likely N-dealkylation sites (N-methyl/N-ethyl adjacent to an activating group) is 1. The summed E-state index contributed by atoms with van der Waals surface area (Å²) in [7, 11) is 1.82. The molecule has 5 aliphatic rings. The summed E-state index contributed by atoms with van der Waals surface area (Å²) in [6.07, 6.45) is 2.93. The number of alkyl halides is 1. The summed E-state index contributed by atoms with van der Waals surface area (Å²) in [5.41, 5.74) is 10.6. The number of aromatic nitrogens is 3. The van der Waals surface area contributed by atoms with Gasteiger partial charge >= 0.3 is 6.03 Å². The van der Waals surface area contributed by atoms with Crippen LogP contribution in [-0.4, -0.2) is 163 Å². The van der Waals surface area contributed by atoms with Gasteiger partial charge in [0.2, 0.25) is 5.91 Å². The molecule has 2 aromatic heterocycles. The van der Waals surface area contributed by atoms with Gasteiger partial charge in [-0.1, -0.05) is 57.2 Å². The molecule has 4 aliphatic heterocycles. The minimum atomic E-state index is -1.95. The lowest BCUT2D eigenvalue weighted by molar-refractivity contribution is -0.137. The number of nitrogens with zero attached hydrogens (tertiary/aromatic N) is 8. The number of halogens is 1. The van der Waals surface area contributed by atoms with E-state index in [9.17, 15) is 38.6 Å². The lowest BCUT2D eigenvalue weighted by atomic mass is 9.84. The van der Waals surface area contributed by atoms with Crippen molar-refractivity contribution >= 4 is 58.3 Å². The molecule has 3 aromatic carbocycles. The van der Waals surface area contributed by atoms with Crippen molar-refractivity contribution in [1.82, 2.24) is 45.2 Å². The highest BCUT2D eigenvalue weighted by Gasteiger charge is 2.53. The minimum absolute atomic E-state index is 0.0135. The summed E-state index contributed by atoms with van der Waals surface area (Å²) in [4.78, 5) is 89.6. The molecule has 22 heteroatoms. The zero-order valence-electron chi connectivity index (χ0n) is 46.6. The highest BCUT2D eigenvalue weighted by molar-refractivity contribution is 7.13. The van der Waals surface area contributed by atoms with Crippen molar-refractivity contribution in [3.05, 3.63) is 112 Å². The normalized spacial score (nSPS) is 21.2. The molecule has 5 aromatic rings. The van der Waals surface area contributed by atoms with E-state index in [1.165, 1.54) is 16.2 Å². The number of amides is 6. The van der Waals surface area contributed by atoms with Crippen molar-refractivity contribution in [2.24, 2.45) is 11.1 Å². The van der Waals surface area contributed by atoms with E-state index in [-0.39, 0.29) is 74.4 Å². The average molecular weight is 1130 g/mol. The van der Waals surface area contributed by atoms with Crippen LogP contribution in [0.1, 0.15) is 115 Å². The SMILES string of the molecule is Cc1ncsc1-c1ccc(CNC(=O)[C@@H]2C[C@@H](O)CN2C(O)[C@@H](NC(=O)C2(F)CC2)C(C)(C)C)c(OCc2ccc(C(=O)N3CCC(c4ccc(Nc5nc(N6CCC[C@@H](N7CCN(C)C7=O)C6)cnc5C(N)=O)cc4)CC3)cc2)c1. The predicted octanol–water partition coefficient (Wildman–Crippen LogP) is 6.09. The van der Waals surface area contributed by atoms with Crippen LogP contribution in [0.4, 0.5) is 26.5 Å². The summed E-state index contributed by atoms with van der Waals surface area (Å²) >= 11 is 1.51. The topological polar surface area (TPSA) is 252 Å². The van der Waals surface area contributed by atoms with Gasteiger partial charge in [0.1, 0.15) is 24.4 Å². The number of likely N-dealkylation sites (tertiary alicyclic amines) is 2. The van der Waals surface area contributed by atoms with Crippen molar-refractivity contribution in [2.45, 2.75) is 128 Å². The first-order valence-corrected chi connectivity index (χ1v) is 28.9. The Balaban J connectivity index is 0.737. The number of carbonyl (C=O) groups excluding carboxylic acids is 5. The molecule has 0 bridgehead atoms. The number of aryl methyl sites for hydroxylation is 1. The zero-order chi connectivity index (χ0) is 57.3. The van der Waals surface area contributed by atoms with E-state index in [0.717, 1.165) is 65.2 Å². The molecule has 4 saturated heterocycles. The number of urea groups is 1. The van der Waals surface area contributed by atoms with Crippen molar-refractivity contribution in [1.29, 1.82) is 0 Å². The Labute approximate surface area is 475 Å². The molecule has 0 spiro atoms. The molecule has 5 atom stereocenters. The number of nitrogens with one attached hydrogen (secondary N) is 3. The van der Waals surface area contributed by atoms with Crippen LogP contribution in [0.5, 0.6) is 5.75 Å². The fourth-order valence-electron chi connectivity index (χ4n) is 11.5. The summed E-state index contributed by atoms with van der Waals surface area (Å²) in [5.74, 6) is -0.332. The lowest BCUT2D eigenvalue weighted by Crippen LogP contribution is -2.61. The van der Waals surface area contributed by atoms with Gasteiger partial charge in [-0.25, -0.2) is 24.1 Å². The third kappa shape index (κ3) is 12.8. The summed E-state index contributed by atoms with van der Waals surface area (Å²) < 4.78 is 21.2. The number of carbonyl (C=O) groups is 5. The van der Waals surface area contributed by atoms with Crippen LogP contribution in [-0.2, 0) is 22.7 Å². The highest BCUT2D eigenvalue weighted by atomic mass is 32.1. The number of thiazole rings is 1. The quantitative estimate of drug-likeness (QED) is 0.0581. The number of primary amides is 1. The monoisotopic (exact) mass is 1130 g/mol. The number of rotatable bonds is 18. The van der Waals surface area contributed by atoms with Crippen molar-refractivity contribution < 1.29 is 43.3 Å². The standard InChI is InChI=1S/C59H73FN12O8S/c1-35-49(81-34-64-35)40-12-13-41(29-63-53(75)45-28-44(73)32-72(45)55(77)50(58(2,3)4)67-56(78)59(60)20-21-59)46(27-40)80-33-36-8-10-39(11-9-36)54(76)69-23-18-38(19-24-69)37-14-16-42(17-15-37)65-52-48(51(61)74)62-30-47(66-52)70-22-6-7-43(31-70)71-26-25-68(5)57(71)79/h8-17,27,30,34,38,43-45,50,55,73,77H,6-7,18-26,28-29,31-33H2,1-5H3,(H2,61,74)(H,63,75)(H,65,66)(H,67,78)/t43-,44-,45+,50-,55?/m1/s1. The Hall–Kier alpha value is -7.27. The molecule has 10 rings (SSSR count). The van der Waals surface area contributed by atoms with Crippen LogP contribution in [0.15, 0.2) is 78.4 Å². The average Bonchev–Trinajstić information content (AvgIpc) is 3.77. The number of hydrogen-bond donors (Lipinski definition) is 6. The number of ether oxygens (including phenoxy) is 1. The first-order valence-electron chi connectivity index (χ1n) is 28.0. The van der Waals surface area contributed by atoms with Crippen molar-refractivity contribution in [3.8, 4) is 16.2 Å². The molecule has 5 fully saturated rings. The van der Waals surface area contributed by atoms with Crippen LogP contribution < -0.4 is 31.3 Å². The third-order valence-electron chi connectivity index (χ3n) is 16.5. The molecule has 0 radical (unpaired) electrons. The smallest absolute Gasteiger partial charge is 0.320 e. The maximum Gasteiger partial charge on any atom is 0.320 e.